The highest BCUT2D eigenvalue weighted by Gasteiger charge is 2.39. The SMILES string of the molecule is CC(C)c1noc(-c2ccc(Oc3cc(C(=O)NC4CC(=O)N(C5CC5)C4)ccc3CSC3CCNC3=O)cc2)n1. The van der Waals surface area contributed by atoms with Crippen LogP contribution in [0.15, 0.2) is 47.0 Å². The number of rotatable bonds is 10. The maximum Gasteiger partial charge on any atom is 0.257 e. The lowest BCUT2D eigenvalue weighted by Gasteiger charge is -2.17. The van der Waals surface area contributed by atoms with Gasteiger partial charge in [-0.25, -0.2) is 0 Å². The zero-order valence-corrected chi connectivity index (χ0v) is 23.9. The monoisotopic (exact) mass is 575 g/mol. The molecule has 3 heterocycles. The number of ether oxygens (including phenoxy) is 1. The summed E-state index contributed by atoms with van der Waals surface area (Å²) in [6.45, 7) is 5.25. The van der Waals surface area contributed by atoms with E-state index < -0.39 is 0 Å². The third kappa shape index (κ3) is 6.24. The number of likely N-dealkylation sites (tertiary alicyclic amines) is 1. The van der Waals surface area contributed by atoms with Crippen molar-refractivity contribution < 1.29 is 23.6 Å². The molecule has 3 aromatic rings. The second-order valence-electron chi connectivity index (χ2n) is 11.1. The number of aromatic nitrogens is 2. The number of hydrogen-bond donors (Lipinski definition) is 2. The first-order chi connectivity index (χ1) is 19.8. The first-order valence-corrected chi connectivity index (χ1v) is 15.1. The van der Waals surface area contributed by atoms with E-state index in [1.165, 1.54) is 0 Å². The van der Waals surface area contributed by atoms with Crippen LogP contribution in [-0.4, -0.2) is 63.2 Å². The number of amides is 3. The van der Waals surface area contributed by atoms with Gasteiger partial charge in [0.05, 0.1) is 11.3 Å². The van der Waals surface area contributed by atoms with Crippen molar-refractivity contribution in [1.29, 1.82) is 0 Å². The minimum Gasteiger partial charge on any atom is -0.457 e. The summed E-state index contributed by atoms with van der Waals surface area (Å²) < 4.78 is 11.7. The predicted octanol–water partition coefficient (Wildman–Crippen LogP) is 4.27. The minimum atomic E-state index is -0.243. The minimum absolute atomic E-state index is 0.0528. The number of nitrogens with zero attached hydrogens (tertiary/aromatic N) is 3. The zero-order chi connectivity index (χ0) is 28.5. The van der Waals surface area contributed by atoms with Gasteiger partial charge in [-0.2, -0.15) is 4.98 Å². The van der Waals surface area contributed by atoms with Gasteiger partial charge in [0.25, 0.3) is 11.8 Å². The van der Waals surface area contributed by atoms with E-state index in [9.17, 15) is 14.4 Å². The maximum absolute atomic E-state index is 13.2. The molecule has 1 aromatic heterocycles. The average molecular weight is 576 g/mol. The smallest absolute Gasteiger partial charge is 0.257 e. The number of nitrogens with one attached hydrogen (secondary N) is 2. The van der Waals surface area contributed by atoms with Crippen molar-refractivity contribution in [3.05, 3.63) is 59.4 Å². The fourth-order valence-electron chi connectivity index (χ4n) is 5.05. The van der Waals surface area contributed by atoms with Crippen molar-refractivity contribution in [2.45, 2.75) is 68.5 Å². The van der Waals surface area contributed by atoms with Gasteiger partial charge in [0.15, 0.2) is 5.82 Å². The summed E-state index contributed by atoms with van der Waals surface area (Å²) in [5.74, 6) is 2.85. The molecule has 2 atom stereocenters. The van der Waals surface area contributed by atoms with Gasteiger partial charge in [-0.1, -0.05) is 25.1 Å². The Bertz CT molecular complexity index is 1450. The first kappa shape index (κ1) is 27.3. The highest BCUT2D eigenvalue weighted by molar-refractivity contribution is 7.99. The molecule has 2 unspecified atom stereocenters. The van der Waals surface area contributed by atoms with Gasteiger partial charge >= 0.3 is 0 Å². The summed E-state index contributed by atoms with van der Waals surface area (Å²) in [7, 11) is 0. The number of thioether (sulfide) groups is 1. The molecule has 11 heteroatoms. The first-order valence-electron chi connectivity index (χ1n) is 14.1. The van der Waals surface area contributed by atoms with Gasteiger partial charge in [-0.05, 0) is 55.7 Å². The van der Waals surface area contributed by atoms with Gasteiger partial charge in [0.2, 0.25) is 11.8 Å². The molecule has 214 valence electrons. The largest absolute Gasteiger partial charge is 0.457 e. The van der Waals surface area contributed by atoms with Crippen LogP contribution < -0.4 is 15.4 Å². The van der Waals surface area contributed by atoms with E-state index in [4.69, 9.17) is 9.26 Å². The Labute approximate surface area is 242 Å². The Kier molecular flexibility index (Phi) is 7.70. The summed E-state index contributed by atoms with van der Waals surface area (Å²) in [5, 5.41) is 9.82. The molecule has 2 N–H and O–H groups in total. The molecule has 0 spiro atoms. The molecule has 10 nitrogen and oxygen atoms in total. The molecule has 2 aliphatic heterocycles. The lowest BCUT2D eigenvalue weighted by molar-refractivity contribution is -0.128. The summed E-state index contributed by atoms with van der Waals surface area (Å²) in [6.07, 6.45) is 3.20. The molecule has 0 radical (unpaired) electrons. The molecule has 0 bridgehead atoms. The van der Waals surface area contributed by atoms with Crippen LogP contribution in [0.25, 0.3) is 11.5 Å². The van der Waals surface area contributed by atoms with Crippen molar-refractivity contribution in [2.24, 2.45) is 0 Å². The molecular formula is C30H33N5O5S. The number of hydrogen-bond acceptors (Lipinski definition) is 8. The average Bonchev–Trinajstić information content (AvgIpc) is 3.33. The standard InChI is InChI=1S/C30H33N5O5S/c1-17(2)27-33-30(40-34-27)18-5-9-23(10-6-18)39-24-13-19(3-4-20(24)16-41-25-11-12-31-29(25)38)28(37)32-21-14-26(36)35(15-21)22-7-8-22/h3-6,9-10,13,17,21-22,25H,7-8,11-12,14-16H2,1-2H3,(H,31,38)(H,32,37). The summed E-state index contributed by atoms with van der Waals surface area (Å²) in [4.78, 5) is 44.0. The number of carbonyl (C=O) groups is 3. The molecule has 1 aliphatic carbocycles. The van der Waals surface area contributed by atoms with Gasteiger partial charge in [-0.15, -0.1) is 11.8 Å². The Morgan fingerprint density at radius 1 is 1.17 bits per heavy atom. The van der Waals surface area contributed by atoms with Crippen molar-refractivity contribution in [1.82, 2.24) is 25.7 Å². The van der Waals surface area contributed by atoms with E-state index in [0.29, 0.717) is 60.1 Å². The molecule has 3 amide bonds. The van der Waals surface area contributed by atoms with Crippen LogP contribution in [0, 0.1) is 0 Å². The fourth-order valence-corrected chi connectivity index (χ4v) is 6.18. The highest BCUT2D eigenvalue weighted by atomic mass is 32.2. The zero-order valence-electron chi connectivity index (χ0n) is 23.1. The van der Waals surface area contributed by atoms with E-state index in [1.807, 2.05) is 49.1 Å². The van der Waals surface area contributed by atoms with Gasteiger partial charge in [-0.3, -0.25) is 14.4 Å². The third-order valence-electron chi connectivity index (χ3n) is 7.54. The number of carbonyl (C=O) groups excluding carboxylic acids is 3. The van der Waals surface area contributed by atoms with Gasteiger partial charge < -0.3 is 24.8 Å². The Morgan fingerprint density at radius 2 is 1.98 bits per heavy atom. The summed E-state index contributed by atoms with van der Waals surface area (Å²) in [5.41, 5.74) is 2.11. The summed E-state index contributed by atoms with van der Waals surface area (Å²) in [6, 6.07) is 12.9. The van der Waals surface area contributed by atoms with Gasteiger partial charge in [0.1, 0.15) is 11.5 Å². The summed E-state index contributed by atoms with van der Waals surface area (Å²) >= 11 is 1.56. The highest BCUT2D eigenvalue weighted by Crippen LogP contribution is 2.34. The third-order valence-corrected chi connectivity index (χ3v) is 8.87. The Morgan fingerprint density at radius 3 is 2.66 bits per heavy atom. The molecule has 2 aromatic carbocycles. The Balaban J connectivity index is 1.19. The van der Waals surface area contributed by atoms with Crippen molar-refractivity contribution >= 4 is 29.5 Å². The normalized spacial score (nSPS) is 20.5. The van der Waals surface area contributed by atoms with Crippen LogP contribution in [0.4, 0.5) is 0 Å². The second-order valence-corrected chi connectivity index (χ2v) is 12.3. The van der Waals surface area contributed by atoms with Crippen LogP contribution in [0.2, 0.25) is 0 Å². The van der Waals surface area contributed by atoms with Crippen molar-refractivity contribution in [2.75, 3.05) is 13.1 Å². The lowest BCUT2D eigenvalue weighted by Crippen LogP contribution is -2.37. The maximum atomic E-state index is 13.2. The predicted molar refractivity (Wildman–Crippen MR) is 154 cm³/mol. The van der Waals surface area contributed by atoms with E-state index in [-0.39, 0.29) is 34.9 Å². The molecule has 3 aliphatic rings. The molecular weight excluding hydrogens is 542 g/mol. The van der Waals surface area contributed by atoms with Crippen LogP contribution in [0.1, 0.15) is 67.2 Å². The van der Waals surface area contributed by atoms with E-state index in [1.54, 1.807) is 23.9 Å². The van der Waals surface area contributed by atoms with Crippen molar-refractivity contribution in [3.8, 4) is 23.0 Å². The Hall–Kier alpha value is -3.86. The van der Waals surface area contributed by atoms with Crippen LogP contribution in [-0.2, 0) is 15.3 Å². The van der Waals surface area contributed by atoms with Crippen LogP contribution in [0.5, 0.6) is 11.5 Å². The molecule has 2 saturated heterocycles. The van der Waals surface area contributed by atoms with E-state index >= 15 is 0 Å². The fraction of sp³-hybridized carbons (Fsp3) is 0.433. The molecule has 41 heavy (non-hydrogen) atoms. The van der Waals surface area contributed by atoms with Crippen molar-refractivity contribution in [3.63, 3.8) is 0 Å². The number of benzene rings is 2. The topological polar surface area (TPSA) is 127 Å². The van der Waals surface area contributed by atoms with E-state index in [0.717, 1.165) is 30.4 Å². The lowest BCUT2D eigenvalue weighted by atomic mass is 10.1. The van der Waals surface area contributed by atoms with Crippen LogP contribution >= 0.6 is 11.8 Å². The van der Waals surface area contributed by atoms with E-state index in [2.05, 4.69) is 20.8 Å². The molecule has 6 rings (SSSR count). The quantitative estimate of drug-likeness (QED) is 0.367. The van der Waals surface area contributed by atoms with Gasteiger partial charge in [0, 0.05) is 53.9 Å². The van der Waals surface area contributed by atoms with Crippen LogP contribution in [0.3, 0.4) is 0 Å². The molecule has 1 saturated carbocycles. The molecule has 3 fully saturated rings. The second kappa shape index (κ2) is 11.6.